The lowest BCUT2D eigenvalue weighted by molar-refractivity contribution is -0.119. The lowest BCUT2D eigenvalue weighted by Gasteiger charge is -2.29. The van der Waals surface area contributed by atoms with Gasteiger partial charge in [-0.05, 0) is 51.4 Å². The lowest BCUT2D eigenvalue weighted by Crippen LogP contribution is -2.43. The first-order valence-electron chi connectivity index (χ1n) is 7.41. The second-order valence-corrected chi connectivity index (χ2v) is 5.82. The molecule has 1 unspecified atom stereocenters. The molecule has 1 aliphatic rings. The first-order valence-corrected chi connectivity index (χ1v) is 7.41. The molecule has 1 saturated heterocycles. The number of hydrogen-bond acceptors (Lipinski definition) is 3. The topological polar surface area (TPSA) is 49.6 Å². The molecule has 5 heteroatoms. The van der Waals surface area contributed by atoms with E-state index in [-0.39, 0.29) is 24.4 Å². The zero-order valence-corrected chi connectivity index (χ0v) is 13.7. The predicted molar refractivity (Wildman–Crippen MR) is 89.9 cm³/mol. The molecule has 1 aromatic carbocycles. The lowest BCUT2D eigenvalue weighted by atomic mass is 10.1. The number of carbonyl (C=O) groups excluding carboxylic acids is 1. The highest BCUT2D eigenvalue weighted by molar-refractivity contribution is 5.95. The number of nitrogens with zero attached hydrogens (tertiary/aromatic N) is 2. The van der Waals surface area contributed by atoms with Crippen LogP contribution in [0.15, 0.2) is 30.3 Å². The molecule has 1 atom stereocenters. The number of para-hydroxylation sites is 1. The van der Waals surface area contributed by atoms with Crippen LogP contribution in [0.25, 0.3) is 0 Å². The Balaban J connectivity index is 0.00000220. The molecule has 0 aromatic heterocycles. The summed E-state index contributed by atoms with van der Waals surface area (Å²) < 4.78 is 0. The van der Waals surface area contributed by atoms with Gasteiger partial charge in [0.2, 0.25) is 5.91 Å². The van der Waals surface area contributed by atoms with Gasteiger partial charge in [-0.25, -0.2) is 0 Å². The molecular formula is C16H26ClN3O. The van der Waals surface area contributed by atoms with E-state index < -0.39 is 0 Å². The Bertz CT molecular complexity index is 438. The van der Waals surface area contributed by atoms with Crippen LogP contribution in [-0.2, 0) is 4.79 Å². The maximum atomic E-state index is 12.6. The average molecular weight is 312 g/mol. The summed E-state index contributed by atoms with van der Waals surface area (Å²) >= 11 is 0. The van der Waals surface area contributed by atoms with Crippen molar-refractivity contribution in [2.24, 2.45) is 11.7 Å². The van der Waals surface area contributed by atoms with Crippen LogP contribution in [-0.4, -0.2) is 43.0 Å². The van der Waals surface area contributed by atoms with Crippen molar-refractivity contribution in [1.29, 1.82) is 0 Å². The molecule has 1 heterocycles. The minimum absolute atomic E-state index is 0. The van der Waals surface area contributed by atoms with Crippen molar-refractivity contribution < 1.29 is 4.79 Å². The summed E-state index contributed by atoms with van der Waals surface area (Å²) in [7, 11) is 0. The minimum atomic E-state index is 0. The summed E-state index contributed by atoms with van der Waals surface area (Å²) in [5, 5.41) is 0. The van der Waals surface area contributed by atoms with Gasteiger partial charge >= 0.3 is 0 Å². The highest BCUT2D eigenvalue weighted by Crippen LogP contribution is 2.19. The van der Waals surface area contributed by atoms with Gasteiger partial charge in [-0.1, -0.05) is 18.2 Å². The van der Waals surface area contributed by atoms with E-state index in [1.54, 1.807) is 0 Å². The molecule has 118 valence electrons. The van der Waals surface area contributed by atoms with Crippen molar-refractivity contribution in [2.45, 2.75) is 26.3 Å². The smallest absolute Gasteiger partial charge is 0.241 e. The van der Waals surface area contributed by atoms with Crippen LogP contribution in [0.4, 0.5) is 5.69 Å². The molecule has 2 N–H and O–H groups in total. The van der Waals surface area contributed by atoms with Gasteiger partial charge in [0.15, 0.2) is 0 Å². The van der Waals surface area contributed by atoms with Crippen LogP contribution in [0, 0.1) is 5.92 Å². The van der Waals surface area contributed by atoms with E-state index in [4.69, 9.17) is 5.73 Å². The summed E-state index contributed by atoms with van der Waals surface area (Å²) in [5.74, 6) is 0.718. The van der Waals surface area contributed by atoms with Crippen LogP contribution in [0.2, 0.25) is 0 Å². The summed E-state index contributed by atoms with van der Waals surface area (Å²) in [6.07, 6.45) is 1.11. The van der Waals surface area contributed by atoms with E-state index in [0.29, 0.717) is 12.5 Å². The molecule has 1 aromatic rings. The van der Waals surface area contributed by atoms with Gasteiger partial charge in [0.25, 0.3) is 0 Å². The average Bonchev–Trinajstić information content (AvgIpc) is 2.87. The minimum Gasteiger partial charge on any atom is -0.330 e. The van der Waals surface area contributed by atoms with E-state index in [9.17, 15) is 4.79 Å². The molecule has 0 spiro atoms. The summed E-state index contributed by atoms with van der Waals surface area (Å²) in [6, 6.07) is 10.1. The van der Waals surface area contributed by atoms with Crippen LogP contribution < -0.4 is 10.6 Å². The first-order chi connectivity index (χ1) is 9.61. The molecule has 0 aliphatic carbocycles. The quantitative estimate of drug-likeness (QED) is 0.906. The van der Waals surface area contributed by atoms with Crippen molar-refractivity contribution in [3.05, 3.63) is 30.3 Å². The number of halogens is 1. The number of anilines is 1. The van der Waals surface area contributed by atoms with Crippen molar-refractivity contribution in [3.8, 4) is 0 Å². The molecule has 1 fully saturated rings. The van der Waals surface area contributed by atoms with Gasteiger partial charge in [-0.2, -0.15) is 0 Å². The number of nitrogens with two attached hydrogens (primary N) is 1. The predicted octanol–water partition coefficient (Wildman–Crippen LogP) is 2.13. The summed E-state index contributed by atoms with van der Waals surface area (Å²) in [6.45, 7) is 7.24. The number of likely N-dealkylation sites (tertiary alicyclic amines) is 1. The van der Waals surface area contributed by atoms with Crippen LogP contribution in [0.1, 0.15) is 20.3 Å². The van der Waals surface area contributed by atoms with Gasteiger partial charge in [-0.15, -0.1) is 12.4 Å². The fourth-order valence-corrected chi connectivity index (χ4v) is 2.84. The Kier molecular flexibility index (Phi) is 7.15. The third-order valence-electron chi connectivity index (χ3n) is 3.88. The molecular weight excluding hydrogens is 286 g/mol. The molecule has 0 bridgehead atoms. The van der Waals surface area contributed by atoms with Crippen LogP contribution in [0.3, 0.4) is 0 Å². The van der Waals surface area contributed by atoms with Crippen molar-refractivity contribution in [3.63, 3.8) is 0 Å². The first kappa shape index (κ1) is 18.0. The zero-order valence-electron chi connectivity index (χ0n) is 12.9. The van der Waals surface area contributed by atoms with Crippen LogP contribution in [0.5, 0.6) is 0 Å². The molecule has 2 rings (SSSR count). The second kappa shape index (κ2) is 8.37. The largest absolute Gasteiger partial charge is 0.330 e. The Morgan fingerprint density at radius 3 is 2.57 bits per heavy atom. The molecule has 1 amide bonds. The number of benzene rings is 1. The fourth-order valence-electron chi connectivity index (χ4n) is 2.84. The Hall–Kier alpha value is -1.10. The van der Waals surface area contributed by atoms with Gasteiger partial charge in [0.1, 0.15) is 0 Å². The number of hydrogen-bond donors (Lipinski definition) is 1. The number of carbonyl (C=O) groups is 1. The summed E-state index contributed by atoms with van der Waals surface area (Å²) in [5.41, 5.74) is 6.68. The molecule has 1 aliphatic heterocycles. The maximum Gasteiger partial charge on any atom is 0.241 e. The van der Waals surface area contributed by atoms with E-state index in [1.807, 2.05) is 35.2 Å². The zero-order chi connectivity index (χ0) is 14.5. The number of rotatable bonds is 5. The Morgan fingerprint density at radius 2 is 2.05 bits per heavy atom. The monoisotopic (exact) mass is 311 g/mol. The van der Waals surface area contributed by atoms with Gasteiger partial charge in [0, 0.05) is 18.3 Å². The summed E-state index contributed by atoms with van der Waals surface area (Å²) in [4.78, 5) is 16.7. The number of amides is 1. The fraction of sp³-hybridized carbons (Fsp3) is 0.562. The van der Waals surface area contributed by atoms with Crippen molar-refractivity contribution >= 4 is 24.0 Å². The second-order valence-electron chi connectivity index (χ2n) is 5.82. The highest BCUT2D eigenvalue weighted by Gasteiger charge is 2.26. The Morgan fingerprint density at radius 1 is 1.38 bits per heavy atom. The van der Waals surface area contributed by atoms with Gasteiger partial charge < -0.3 is 10.6 Å². The SMILES string of the molecule is CC(C)N(C(=O)CN1CCC(CN)C1)c1ccccc1.Cl. The normalized spacial score (nSPS) is 18.6. The van der Waals surface area contributed by atoms with Crippen molar-refractivity contribution in [2.75, 3.05) is 31.1 Å². The molecule has 0 saturated carbocycles. The molecule has 4 nitrogen and oxygen atoms in total. The van der Waals surface area contributed by atoms with E-state index >= 15 is 0 Å². The molecule has 0 radical (unpaired) electrons. The third-order valence-corrected chi connectivity index (χ3v) is 3.88. The van der Waals surface area contributed by atoms with E-state index in [2.05, 4.69) is 18.7 Å². The standard InChI is InChI=1S/C16H25N3O.ClH/c1-13(2)19(15-6-4-3-5-7-15)16(20)12-18-9-8-14(10-17)11-18;/h3-7,13-14H,8-12,17H2,1-2H3;1H. The van der Waals surface area contributed by atoms with E-state index in [0.717, 1.165) is 31.7 Å². The van der Waals surface area contributed by atoms with Gasteiger partial charge in [-0.3, -0.25) is 9.69 Å². The highest BCUT2D eigenvalue weighted by atomic mass is 35.5. The van der Waals surface area contributed by atoms with E-state index in [1.165, 1.54) is 0 Å². The third kappa shape index (κ3) is 4.70. The van der Waals surface area contributed by atoms with Gasteiger partial charge in [0.05, 0.1) is 6.54 Å². The maximum absolute atomic E-state index is 12.6. The van der Waals surface area contributed by atoms with Crippen LogP contribution >= 0.6 is 12.4 Å². The Labute approximate surface area is 133 Å². The molecule has 21 heavy (non-hydrogen) atoms. The van der Waals surface area contributed by atoms with Crippen molar-refractivity contribution in [1.82, 2.24) is 4.90 Å².